The van der Waals surface area contributed by atoms with E-state index in [2.05, 4.69) is 37.2 Å². The third kappa shape index (κ3) is 13.2. The molecule has 0 amide bonds. The summed E-state index contributed by atoms with van der Waals surface area (Å²) in [7, 11) is 0. The standard InChI is InChI=1S/C49H57N5O12S/c1-30(56)60-29-41-46(62-32(3)58)47(63-33(4)59)45(61-31(2)57)39(64-41)25-42(67)52-26-34-11-17-38(18-12-34)48-65-40(27-53-21-23-54(24-22-53)49-50-19-8-20-51-49)43(36-9-6-5-7-10-36)44(66-48)37-15-13-35(28-55)14-16-37/h5-20,39-41,43-48,55H,21-29H2,1-4H3,(H,52,67). The maximum atomic E-state index is 12.3. The van der Waals surface area contributed by atoms with Gasteiger partial charge in [-0.05, 0) is 28.3 Å². The quantitative estimate of drug-likeness (QED) is 0.0893. The number of thiocarbonyl (C=S) groups is 1. The van der Waals surface area contributed by atoms with E-state index in [1.54, 1.807) is 12.4 Å². The number of aliphatic hydroxyl groups excluding tert-OH is 1. The number of aromatic nitrogens is 2. The van der Waals surface area contributed by atoms with Crippen LogP contribution in [0, 0.1) is 0 Å². The number of ether oxygens (including phenoxy) is 7. The minimum Gasteiger partial charge on any atom is -0.463 e. The number of nitrogens with one attached hydrogen (secondary N) is 1. The summed E-state index contributed by atoms with van der Waals surface area (Å²) in [4.78, 5) is 62.4. The van der Waals surface area contributed by atoms with Gasteiger partial charge in [-0.3, -0.25) is 24.1 Å². The second-order valence-electron chi connectivity index (χ2n) is 16.7. The summed E-state index contributed by atoms with van der Waals surface area (Å²) in [5, 5.41) is 13.1. The molecule has 4 heterocycles. The third-order valence-corrected chi connectivity index (χ3v) is 12.1. The molecule has 3 aliphatic heterocycles. The molecule has 2 N–H and O–H groups in total. The van der Waals surface area contributed by atoms with Crippen LogP contribution in [0.25, 0.3) is 0 Å². The number of hydrogen-bond acceptors (Lipinski definition) is 17. The Labute approximate surface area is 395 Å². The number of nitrogens with zero attached hydrogens (tertiary/aromatic N) is 4. The predicted octanol–water partition coefficient (Wildman–Crippen LogP) is 4.66. The molecule has 0 saturated carbocycles. The van der Waals surface area contributed by atoms with Crippen LogP contribution in [-0.4, -0.2) is 125 Å². The zero-order valence-corrected chi connectivity index (χ0v) is 38.7. The highest BCUT2D eigenvalue weighted by molar-refractivity contribution is 7.80. The van der Waals surface area contributed by atoms with Crippen molar-refractivity contribution in [3.63, 3.8) is 0 Å². The molecule has 0 bridgehead atoms. The molecule has 356 valence electrons. The highest BCUT2D eigenvalue weighted by Gasteiger charge is 2.52. The fourth-order valence-corrected chi connectivity index (χ4v) is 8.97. The summed E-state index contributed by atoms with van der Waals surface area (Å²) >= 11 is 5.76. The fourth-order valence-electron chi connectivity index (χ4n) is 8.74. The Kier molecular flexibility index (Phi) is 17.0. The summed E-state index contributed by atoms with van der Waals surface area (Å²) < 4.78 is 42.1. The van der Waals surface area contributed by atoms with Crippen molar-refractivity contribution >= 4 is 47.0 Å². The van der Waals surface area contributed by atoms with E-state index in [0.29, 0.717) is 18.1 Å². The van der Waals surface area contributed by atoms with E-state index in [1.165, 1.54) is 27.7 Å². The van der Waals surface area contributed by atoms with Gasteiger partial charge < -0.3 is 48.5 Å². The minimum absolute atomic E-state index is 0.00989. The van der Waals surface area contributed by atoms with E-state index in [9.17, 15) is 24.3 Å². The summed E-state index contributed by atoms with van der Waals surface area (Å²) in [6.07, 6.45) is -3.64. The van der Waals surface area contributed by atoms with E-state index in [4.69, 9.17) is 45.4 Å². The van der Waals surface area contributed by atoms with Crippen LogP contribution >= 0.6 is 12.2 Å². The van der Waals surface area contributed by atoms with Crippen molar-refractivity contribution in [2.24, 2.45) is 0 Å². The first-order chi connectivity index (χ1) is 32.3. The van der Waals surface area contributed by atoms with Gasteiger partial charge in [-0.25, -0.2) is 9.97 Å². The highest BCUT2D eigenvalue weighted by Crippen LogP contribution is 2.47. The number of aliphatic hydroxyl groups is 1. The van der Waals surface area contributed by atoms with Gasteiger partial charge >= 0.3 is 23.9 Å². The van der Waals surface area contributed by atoms with Crippen molar-refractivity contribution in [1.29, 1.82) is 0 Å². The zero-order chi connectivity index (χ0) is 47.5. The van der Waals surface area contributed by atoms with E-state index in [0.717, 1.165) is 59.9 Å². The SMILES string of the molecule is CC(=O)OCC1OC(CC(=S)NCc2ccc(C3OC(CN4CCN(c5ncccn5)CC4)C(c4ccccc4)C(c4ccc(CO)cc4)O3)cc2)C(OC(C)=O)C(OC(C)=O)C1OC(C)=O. The van der Waals surface area contributed by atoms with Gasteiger partial charge in [-0.2, -0.15) is 0 Å². The Bertz CT molecular complexity index is 2290. The Morgan fingerprint density at radius 1 is 0.672 bits per heavy atom. The molecule has 0 spiro atoms. The van der Waals surface area contributed by atoms with Crippen LogP contribution in [0.2, 0.25) is 0 Å². The lowest BCUT2D eigenvalue weighted by Gasteiger charge is -2.45. The van der Waals surface area contributed by atoms with Crippen molar-refractivity contribution in [1.82, 2.24) is 20.2 Å². The molecule has 17 nitrogen and oxygen atoms in total. The third-order valence-electron chi connectivity index (χ3n) is 11.8. The lowest BCUT2D eigenvalue weighted by atomic mass is 9.83. The second kappa shape index (κ2) is 23.2. The number of piperazine rings is 1. The number of esters is 4. The number of rotatable bonds is 16. The average molecular weight is 940 g/mol. The maximum Gasteiger partial charge on any atom is 0.303 e. The van der Waals surface area contributed by atoms with E-state index in [1.807, 2.05) is 72.8 Å². The van der Waals surface area contributed by atoms with Gasteiger partial charge in [0.2, 0.25) is 5.95 Å². The first-order valence-corrected chi connectivity index (χ1v) is 22.7. The summed E-state index contributed by atoms with van der Waals surface area (Å²) in [5.74, 6) is -2.15. The first-order valence-electron chi connectivity index (χ1n) is 22.3. The van der Waals surface area contributed by atoms with Crippen LogP contribution in [0.5, 0.6) is 0 Å². The second-order valence-corrected chi connectivity index (χ2v) is 17.2. The zero-order valence-electron chi connectivity index (χ0n) is 37.9. The normalized spacial score (nSPS) is 25.3. The molecule has 3 saturated heterocycles. The van der Waals surface area contributed by atoms with Crippen LogP contribution < -0.4 is 10.2 Å². The summed E-state index contributed by atoms with van der Waals surface area (Å²) in [6, 6.07) is 27.9. The molecule has 0 aliphatic carbocycles. The largest absolute Gasteiger partial charge is 0.463 e. The molecule has 3 fully saturated rings. The van der Waals surface area contributed by atoms with Crippen LogP contribution in [-0.2, 0) is 65.5 Å². The van der Waals surface area contributed by atoms with Gasteiger partial charge in [0, 0.05) is 97.3 Å². The van der Waals surface area contributed by atoms with Crippen LogP contribution in [0.15, 0.2) is 97.3 Å². The smallest absolute Gasteiger partial charge is 0.303 e. The van der Waals surface area contributed by atoms with Crippen LogP contribution in [0.3, 0.4) is 0 Å². The number of carbonyl (C=O) groups excluding carboxylic acids is 4. The van der Waals surface area contributed by atoms with Crippen molar-refractivity contribution in [2.45, 2.75) is 102 Å². The average Bonchev–Trinajstić information content (AvgIpc) is 3.32. The van der Waals surface area contributed by atoms with E-state index >= 15 is 0 Å². The van der Waals surface area contributed by atoms with Crippen molar-refractivity contribution < 1.29 is 57.4 Å². The molecule has 0 radical (unpaired) electrons. The Balaban J connectivity index is 1.07. The van der Waals surface area contributed by atoms with Gasteiger partial charge in [-0.15, -0.1) is 0 Å². The van der Waals surface area contributed by atoms with E-state index in [-0.39, 0.29) is 37.8 Å². The molecule has 3 aromatic carbocycles. The van der Waals surface area contributed by atoms with Crippen LogP contribution in [0.1, 0.15) is 80.2 Å². The summed E-state index contributed by atoms with van der Waals surface area (Å²) in [6.45, 7) is 8.49. The number of hydrogen-bond donors (Lipinski definition) is 2. The van der Waals surface area contributed by atoms with Gasteiger partial charge in [0.05, 0.1) is 23.8 Å². The molecule has 1 aromatic heterocycles. The van der Waals surface area contributed by atoms with Gasteiger partial charge in [0.25, 0.3) is 0 Å². The van der Waals surface area contributed by atoms with Crippen molar-refractivity contribution in [3.8, 4) is 0 Å². The van der Waals surface area contributed by atoms with Crippen LogP contribution in [0.4, 0.5) is 5.95 Å². The Morgan fingerprint density at radius 2 is 1.27 bits per heavy atom. The van der Waals surface area contributed by atoms with Gasteiger partial charge in [0.1, 0.15) is 18.8 Å². The molecular weight excluding hydrogens is 883 g/mol. The van der Waals surface area contributed by atoms with E-state index < -0.39 is 60.7 Å². The lowest BCUT2D eigenvalue weighted by Crippen LogP contribution is -2.62. The molecule has 7 rings (SSSR count). The number of anilines is 1. The summed E-state index contributed by atoms with van der Waals surface area (Å²) in [5.41, 5.74) is 4.59. The molecule has 9 unspecified atom stereocenters. The number of carbonyl (C=O) groups is 4. The topological polar surface area (TPSA) is 197 Å². The lowest BCUT2D eigenvalue weighted by molar-refractivity contribution is -0.263. The first kappa shape index (κ1) is 49.0. The minimum atomic E-state index is -1.29. The predicted molar refractivity (Wildman–Crippen MR) is 246 cm³/mol. The number of benzene rings is 3. The molecular formula is C49H57N5O12S. The van der Waals surface area contributed by atoms with Gasteiger partial charge in [-0.1, -0.05) is 91.1 Å². The maximum absolute atomic E-state index is 12.3. The Morgan fingerprint density at radius 3 is 1.88 bits per heavy atom. The fraction of sp³-hybridized carbons (Fsp3) is 0.449. The molecule has 18 heteroatoms. The monoisotopic (exact) mass is 939 g/mol. The Hall–Kier alpha value is -5.89. The van der Waals surface area contributed by atoms with Crippen molar-refractivity contribution in [3.05, 3.63) is 125 Å². The molecule has 4 aromatic rings. The van der Waals surface area contributed by atoms with Crippen molar-refractivity contribution in [2.75, 3.05) is 44.2 Å². The molecule has 9 atom stereocenters. The molecule has 67 heavy (non-hydrogen) atoms. The molecule has 3 aliphatic rings. The highest BCUT2D eigenvalue weighted by atomic mass is 32.1. The van der Waals surface area contributed by atoms with Gasteiger partial charge in [0.15, 0.2) is 24.6 Å².